The second kappa shape index (κ2) is 15.4. The Bertz CT molecular complexity index is 440. The minimum Gasteiger partial charge on any atom is -0.450 e. The summed E-state index contributed by atoms with van der Waals surface area (Å²) in [6.07, 6.45) is 3.88. The lowest BCUT2D eigenvalue weighted by atomic mass is 10.0. The Balaban J connectivity index is 2.33. The molecule has 28 heavy (non-hydrogen) atoms. The van der Waals surface area contributed by atoms with Crippen LogP contribution in [-0.2, 0) is 14.2 Å². The Morgan fingerprint density at radius 3 is 2.75 bits per heavy atom. The summed E-state index contributed by atoms with van der Waals surface area (Å²) < 4.78 is 16.2. The first-order valence-electron chi connectivity index (χ1n) is 10.7. The molecule has 0 saturated carbocycles. The third kappa shape index (κ3) is 12.0. The number of hydrogen-bond donors (Lipinski definition) is 3. The molecule has 0 aliphatic carbocycles. The van der Waals surface area contributed by atoms with Gasteiger partial charge in [-0.2, -0.15) is 0 Å². The maximum absolute atomic E-state index is 11.7. The summed E-state index contributed by atoms with van der Waals surface area (Å²) in [5.41, 5.74) is 0. The van der Waals surface area contributed by atoms with Gasteiger partial charge in [0.25, 0.3) is 0 Å². The van der Waals surface area contributed by atoms with Crippen LogP contribution in [0.4, 0.5) is 4.79 Å². The van der Waals surface area contributed by atoms with Crippen LogP contribution < -0.4 is 16.0 Å². The van der Waals surface area contributed by atoms with E-state index in [2.05, 4.69) is 34.8 Å². The molecule has 1 aliphatic heterocycles. The second-order valence-electron chi connectivity index (χ2n) is 7.40. The molecule has 1 amide bonds. The highest BCUT2D eigenvalue weighted by Gasteiger charge is 2.16. The van der Waals surface area contributed by atoms with Crippen molar-refractivity contribution in [2.24, 2.45) is 10.9 Å². The lowest BCUT2D eigenvalue weighted by Gasteiger charge is -2.19. The van der Waals surface area contributed by atoms with E-state index in [-0.39, 0.29) is 18.2 Å². The van der Waals surface area contributed by atoms with Crippen molar-refractivity contribution in [1.82, 2.24) is 16.0 Å². The van der Waals surface area contributed by atoms with E-state index in [4.69, 9.17) is 14.2 Å². The monoisotopic (exact) mass is 400 g/mol. The van der Waals surface area contributed by atoms with E-state index in [1.54, 1.807) is 6.92 Å². The molecule has 1 heterocycles. The van der Waals surface area contributed by atoms with E-state index in [1.165, 1.54) is 0 Å². The highest BCUT2D eigenvalue weighted by atomic mass is 16.5. The average molecular weight is 401 g/mol. The normalized spacial score (nSPS) is 18.2. The van der Waals surface area contributed by atoms with Crippen molar-refractivity contribution in [2.75, 3.05) is 46.1 Å². The number of amides is 1. The Kier molecular flexibility index (Phi) is 13.5. The van der Waals surface area contributed by atoms with E-state index < -0.39 is 0 Å². The molecule has 1 fully saturated rings. The summed E-state index contributed by atoms with van der Waals surface area (Å²) in [5.74, 6) is 1.21. The lowest BCUT2D eigenvalue weighted by molar-refractivity contribution is 0.0168. The summed E-state index contributed by atoms with van der Waals surface area (Å²) in [7, 11) is 0. The molecule has 1 saturated heterocycles. The molecular weight excluding hydrogens is 360 g/mol. The number of nitrogens with one attached hydrogen (secondary N) is 3. The fourth-order valence-corrected chi connectivity index (χ4v) is 3.00. The van der Waals surface area contributed by atoms with Gasteiger partial charge in [-0.05, 0) is 45.4 Å². The van der Waals surface area contributed by atoms with Crippen molar-refractivity contribution >= 4 is 12.1 Å². The first-order chi connectivity index (χ1) is 13.5. The predicted octanol–water partition coefficient (Wildman–Crippen LogP) is 2.29. The van der Waals surface area contributed by atoms with Gasteiger partial charge >= 0.3 is 6.09 Å². The van der Waals surface area contributed by atoms with Crippen molar-refractivity contribution in [3.63, 3.8) is 0 Å². The summed E-state index contributed by atoms with van der Waals surface area (Å²) in [4.78, 5) is 16.4. The Hall–Kier alpha value is -1.54. The number of carbonyl (C=O) groups is 1. The van der Waals surface area contributed by atoms with Crippen LogP contribution in [0.5, 0.6) is 0 Å². The average Bonchev–Trinajstić information content (AvgIpc) is 3.15. The smallest absolute Gasteiger partial charge is 0.407 e. The molecule has 0 bridgehead atoms. The summed E-state index contributed by atoms with van der Waals surface area (Å²) in [5, 5.41) is 9.46. The zero-order valence-electron chi connectivity index (χ0n) is 18.1. The summed E-state index contributed by atoms with van der Waals surface area (Å²) in [6, 6.07) is -0.0516. The molecular formula is C20H40N4O4. The number of ether oxygens (including phenoxy) is 3. The second-order valence-corrected chi connectivity index (χ2v) is 7.40. The minimum absolute atomic E-state index is 0.0516. The first-order valence-corrected chi connectivity index (χ1v) is 10.7. The van der Waals surface area contributed by atoms with Crippen LogP contribution in [0.15, 0.2) is 4.99 Å². The van der Waals surface area contributed by atoms with Crippen LogP contribution in [-0.4, -0.2) is 70.3 Å². The van der Waals surface area contributed by atoms with Gasteiger partial charge in [-0.15, -0.1) is 0 Å². The van der Waals surface area contributed by atoms with E-state index in [1.807, 2.05) is 6.92 Å². The van der Waals surface area contributed by atoms with Crippen LogP contribution in [0.1, 0.15) is 53.4 Å². The predicted molar refractivity (Wildman–Crippen MR) is 112 cm³/mol. The fraction of sp³-hybridized carbons (Fsp3) is 0.900. The van der Waals surface area contributed by atoms with Gasteiger partial charge in [0.05, 0.1) is 31.9 Å². The lowest BCUT2D eigenvalue weighted by Crippen LogP contribution is -2.42. The van der Waals surface area contributed by atoms with Crippen molar-refractivity contribution in [3.05, 3.63) is 0 Å². The van der Waals surface area contributed by atoms with Gasteiger partial charge in [0, 0.05) is 26.3 Å². The third-order valence-corrected chi connectivity index (χ3v) is 4.25. The summed E-state index contributed by atoms with van der Waals surface area (Å²) in [6.45, 7) is 12.8. The van der Waals surface area contributed by atoms with Crippen molar-refractivity contribution in [3.8, 4) is 0 Å². The molecule has 0 aromatic rings. The summed E-state index contributed by atoms with van der Waals surface area (Å²) >= 11 is 0. The molecule has 1 aliphatic rings. The van der Waals surface area contributed by atoms with Crippen LogP contribution in [0.25, 0.3) is 0 Å². The van der Waals surface area contributed by atoms with Crippen LogP contribution in [0.2, 0.25) is 0 Å². The van der Waals surface area contributed by atoms with E-state index >= 15 is 0 Å². The van der Waals surface area contributed by atoms with Crippen molar-refractivity contribution < 1.29 is 19.0 Å². The quantitative estimate of drug-likeness (QED) is 0.250. The van der Waals surface area contributed by atoms with E-state index in [9.17, 15) is 4.79 Å². The number of hydrogen-bond acceptors (Lipinski definition) is 5. The number of carbonyl (C=O) groups excluding carboxylic acids is 1. The van der Waals surface area contributed by atoms with Gasteiger partial charge in [-0.25, -0.2) is 4.79 Å². The molecule has 2 unspecified atom stereocenters. The van der Waals surface area contributed by atoms with Crippen LogP contribution in [0.3, 0.4) is 0 Å². The molecule has 8 heteroatoms. The van der Waals surface area contributed by atoms with Crippen molar-refractivity contribution in [1.29, 1.82) is 0 Å². The Morgan fingerprint density at radius 1 is 1.29 bits per heavy atom. The van der Waals surface area contributed by atoms with Gasteiger partial charge in [0.15, 0.2) is 5.96 Å². The zero-order valence-corrected chi connectivity index (χ0v) is 18.1. The minimum atomic E-state index is -0.385. The first kappa shape index (κ1) is 24.5. The largest absolute Gasteiger partial charge is 0.450 e. The molecule has 0 aromatic heterocycles. The highest BCUT2D eigenvalue weighted by molar-refractivity contribution is 5.79. The van der Waals surface area contributed by atoms with Gasteiger partial charge in [0.1, 0.15) is 0 Å². The Labute approximate surface area is 170 Å². The Morgan fingerprint density at radius 2 is 2.11 bits per heavy atom. The van der Waals surface area contributed by atoms with E-state index in [0.29, 0.717) is 32.3 Å². The van der Waals surface area contributed by atoms with Crippen molar-refractivity contribution in [2.45, 2.75) is 65.5 Å². The van der Waals surface area contributed by atoms with Crippen LogP contribution >= 0.6 is 0 Å². The maximum Gasteiger partial charge on any atom is 0.407 e. The molecule has 0 aromatic carbocycles. The number of aliphatic imine (C=N–C) groups is 1. The van der Waals surface area contributed by atoms with Crippen LogP contribution in [0, 0.1) is 5.92 Å². The molecule has 164 valence electrons. The molecule has 0 radical (unpaired) electrons. The number of rotatable bonds is 13. The van der Waals surface area contributed by atoms with Gasteiger partial charge < -0.3 is 30.2 Å². The molecule has 8 nitrogen and oxygen atoms in total. The standard InChI is InChI=1S/C20H40N4O4/c1-5-21-19(22-10-8-11-26-15-18-9-7-12-28-18)23-14-17(13-16(3)4)24-20(25)27-6-2/h16-18H,5-15H2,1-4H3,(H,24,25)(H2,21,22,23). The maximum atomic E-state index is 11.7. The topological polar surface area (TPSA) is 93.2 Å². The number of guanidine groups is 1. The SMILES string of the molecule is CCNC(=NCC(CC(C)C)NC(=O)OCC)NCCCOCC1CCCO1. The zero-order chi connectivity index (χ0) is 20.6. The molecule has 2 atom stereocenters. The molecule has 0 spiro atoms. The van der Waals surface area contributed by atoms with Gasteiger partial charge in [-0.3, -0.25) is 4.99 Å². The fourth-order valence-electron chi connectivity index (χ4n) is 3.00. The third-order valence-electron chi connectivity index (χ3n) is 4.25. The van der Waals surface area contributed by atoms with Gasteiger partial charge in [0.2, 0.25) is 0 Å². The van der Waals surface area contributed by atoms with Gasteiger partial charge in [-0.1, -0.05) is 13.8 Å². The highest BCUT2D eigenvalue weighted by Crippen LogP contribution is 2.11. The number of alkyl carbamates (subject to hydrolysis) is 1. The van der Waals surface area contributed by atoms with E-state index in [0.717, 1.165) is 51.3 Å². The molecule has 1 rings (SSSR count). The molecule has 3 N–H and O–H groups in total. The number of nitrogens with zero attached hydrogens (tertiary/aromatic N) is 1.